The van der Waals surface area contributed by atoms with Crippen LogP contribution in [0.5, 0.6) is 0 Å². The smallest absolute Gasteiger partial charge is 0.178 e. The topological polar surface area (TPSA) is 54.4 Å². The third kappa shape index (κ3) is 3.03. The number of benzene rings is 1. The van der Waals surface area contributed by atoms with Gasteiger partial charge in [-0.25, -0.2) is 8.42 Å². The highest BCUT2D eigenvalue weighted by molar-refractivity contribution is 9.10. The second kappa shape index (κ2) is 5.09. The van der Waals surface area contributed by atoms with Crippen molar-refractivity contribution >= 4 is 25.8 Å². The van der Waals surface area contributed by atoms with E-state index in [9.17, 15) is 8.42 Å². The first-order chi connectivity index (χ1) is 6.99. The summed E-state index contributed by atoms with van der Waals surface area (Å²) in [7, 11) is -3.27. The van der Waals surface area contributed by atoms with Gasteiger partial charge in [-0.3, -0.25) is 0 Å². The summed E-state index contributed by atoms with van der Waals surface area (Å²) in [5.74, 6) is -0.0131. The third-order valence-electron chi connectivity index (χ3n) is 2.12. The molecule has 0 fully saturated rings. The molecule has 1 rings (SSSR count). The summed E-state index contributed by atoms with van der Waals surface area (Å²) in [6.07, 6.45) is 0.272. The van der Waals surface area contributed by atoms with Gasteiger partial charge in [0, 0.05) is 11.1 Å². The number of hydrogen-bond acceptors (Lipinski definition) is 3. The van der Waals surface area contributed by atoms with E-state index in [-0.39, 0.29) is 18.8 Å². The Morgan fingerprint density at radius 2 is 2.07 bits per heavy atom. The van der Waals surface area contributed by atoms with Crippen LogP contribution < -0.4 is 0 Å². The summed E-state index contributed by atoms with van der Waals surface area (Å²) in [5.41, 5.74) is 0.718. The van der Waals surface area contributed by atoms with E-state index in [0.717, 1.165) is 10.0 Å². The van der Waals surface area contributed by atoms with Crippen molar-refractivity contribution in [2.24, 2.45) is 0 Å². The Balaban J connectivity index is 3.10. The second-order valence-electron chi connectivity index (χ2n) is 3.26. The van der Waals surface area contributed by atoms with Crippen LogP contribution in [0.15, 0.2) is 27.6 Å². The molecular formula is C10H13BrO3S. The van der Waals surface area contributed by atoms with Crippen molar-refractivity contribution < 1.29 is 13.5 Å². The molecular weight excluding hydrogens is 280 g/mol. The summed E-state index contributed by atoms with van der Waals surface area (Å²) in [6.45, 7) is 1.65. The fourth-order valence-electron chi connectivity index (χ4n) is 1.29. The molecule has 0 saturated carbocycles. The summed E-state index contributed by atoms with van der Waals surface area (Å²) < 4.78 is 24.4. The van der Waals surface area contributed by atoms with Crippen molar-refractivity contribution in [1.29, 1.82) is 0 Å². The van der Waals surface area contributed by atoms with Crippen molar-refractivity contribution in [3.05, 3.63) is 28.2 Å². The highest BCUT2D eigenvalue weighted by Gasteiger charge is 2.17. The van der Waals surface area contributed by atoms with E-state index < -0.39 is 9.84 Å². The Bertz CT molecular complexity index is 440. The number of hydrogen-bond donors (Lipinski definition) is 1. The maximum absolute atomic E-state index is 11.8. The number of aliphatic hydroxyl groups excluding tert-OH is 1. The van der Waals surface area contributed by atoms with Crippen LogP contribution >= 0.6 is 15.9 Å². The van der Waals surface area contributed by atoms with Crippen LogP contribution in [0.4, 0.5) is 0 Å². The third-order valence-corrected chi connectivity index (χ3v) is 4.92. The van der Waals surface area contributed by atoms with Crippen LogP contribution in [0.2, 0.25) is 0 Å². The monoisotopic (exact) mass is 292 g/mol. The second-order valence-corrected chi connectivity index (χ2v) is 6.19. The number of rotatable bonds is 4. The Morgan fingerprint density at radius 3 is 2.67 bits per heavy atom. The molecule has 1 aromatic carbocycles. The predicted molar refractivity (Wildman–Crippen MR) is 62.6 cm³/mol. The summed E-state index contributed by atoms with van der Waals surface area (Å²) >= 11 is 3.29. The number of sulfone groups is 1. The van der Waals surface area contributed by atoms with Crippen molar-refractivity contribution in [3.63, 3.8) is 0 Å². The molecule has 3 nitrogen and oxygen atoms in total. The Morgan fingerprint density at radius 1 is 1.40 bits per heavy atom. The highest BCUT2D eigenvalue weighted by atomic mass is 79.9. The Kier molecular flexibility index (Phi) is 4.31. The lowest BCUT2D eigenvalue weighted by Crippen LogP contribution is -2.09. The summed E-state index contributed by atoms with van der Waals surface area (Å²) in [5, 5.41) is 8.63. The first-order valence-corrected chi connectivity index (χ1v) is 7.02. The molecule has 0 unspecified atom stereocenters. The Labute approximate surface area is 98.2 Å². The van der Waals surface area contributed by atoms with Crippen molar-refractivity contribution in [2.75, 3.05) is 12.4 Å². The van der Waals surface area contributed by atoms with Crippen LogP contribution in [0.25, 0.3) is 0 Å². The number of aliphatic hydroxyl groups is 1. The largest absolute Gasteiger partial charge is 0.396 e. The van der Waals surface area contributed by atoms with Crippen LogP contribution in [-0.4, -0.2) is 25.9 Å². The van der Waals surface area contributed by atoms with Gasteiger partial charge in [0.2, 0.25) is 0 Å². The zero-order chi connectivity index (χ0) is 11.5. The van der Waals surface area contributed by atoms with Crippen LogP contribution in [0.1, 0.15) is 12.0 Å². The first-order valence-electron chi connectivity index (χ1n) is 4.58. The zero-order valence-electron chi connectivity index (χ0n) is 8.40. The fraction of sp³-hybridized carbons (Fsp3) is 0.400. The molecule has 0 saturated heterocycles. The maximum Gasteiger partial charge on any atom is 0.178 e. The molecule has 0 aliphatic rings. The molecule has 0 radical (unpaired) electrons. The first kappa shape index (κ1) is 12.7. The molecule has 84 valence electrons. The lowest BCUT2D eigenvalue weighted by atomic mass is 10.2. The van der Waals surface area contributed by atoms with E-state index in [4.69, 9.17) is 5.11 Å². The van der Waals surface area contributed by atoms with Gasteiger partial charge in [0.05, 0.1) is 10.6 Å². The van der Waals surface area contributed by atoms with Gasteiger partial charge in [-0.05, 0) is 31.0 Å². The van der Waals surface area contributed by atoms with Crippen LogP contribution in [0, 0.1) is 6.92 Å². The van der Waals surface area contributed by atoms with E-state index in [0.29, 0.717) is 4.90 Å². The van der Waals surface area contributed by atoms with Crippen molar-refractivity contribution in [2.45, 2.75) is 18.2 Å². The van der Waals surface area contributed by atoms with E-state index in [1.54, 1.807) is 25.1 Å². The van der Waals surface area contributed by atoms with E-state index >= 15 is 0 Å². The van der Waals surface area contributed by atoms with Gasteiger partial charge in [-0.2, -0.15) is 0 Å². The lowest BCUT2D eigenvalue weighted by Gasteiger charge is -2.08. The van der Waals surface area contributed by atoms with Gasteiger partial charge in [0.1, 0.15) is 0 Å². The Hall–Kier alpha value is -0.390. The summed E-state index contributed by atoms with van der Waals surface area (Å²) in [4.78, 5) is 0.338. The molecule has 0 amide bonds. The molecule has 15 heavy (non-hydrogen) atoms. The van der Waals surface area contributed by atoms with Gasteiger partial charge in [0.25, 0.3) is 0 Å². The number of halogens is 1. The molecule has 0 aromatic heterocycles. The normalized spacial score (nSPS) is 11.7. The zero-order valence-corrected chi connectivity index (χ0v) is 10.8. The predicted octanol–water partition coefficient (Wildman–Crippen LogP) is 1.91. The van der Waals surface area contributed by atoms with Crippen molar-refractivity contribution in [3.8, 4) is 0 Å². The van der Waals surface area contributed by atoms with Crippen molar-refractivity contribution in [1.82, 2.24) is 0 Å². The van der Waals surface area contributed by atoms with E-state index in [2.05, 4.69) is 15.9 Å². The highest BCUT2D eigenvalue weighted by Crippen LogP contribution is 2.24. The van der Waals surface area contributed by atoms with Crippen LogP contribution in [-0.2, 0) is 9.84 Å². The molecule has 0 heterocycles. The maximum atomic E-state index is 11.8. The fourth-order valence-corrected chi connectivity index (χ4v) is 3.38. The molecule has 5 heteroatoms. The van der Waals surface area contributed by atoms with Gasteiger partial charge in [-0.1, -0.05) is 22.0 Å². The van der Waals surface area contributed by atoms with Gasteiger partial charge < -0.3 is 5.11 Å². The molecule has 0 aliphatic carbocycles. The quantitative estimate of drug-likeness (QED) is 0.922. The lowest BCUT2D eigenvalue weighted by molar-refractivity contribution is 0.295. The van der Waals surface area contributed by atoms with Gasteiger partial charge in [0.15, 0.2) is 9.84 Å². The average Bonchev–Trinajstić information content (AvgIpc) is 2.19. The SMILES string of the molecule is Cc1c(Br)cccc1S(=O)(=O)CCCO. The van der Waals surface area contributed by atoms with E-state index in [1.165, 1.54) is 0 Å². The average molecular weight is 293 g/mol. The summed E-state index contributed by atoms with van der Waals surface area (Å²) in [6, 6.07) is 5.09. The molecule has 0 spiro atoms. The van der Waals surface area contributed by atoms with Crippen LogP contribution in [0.3, 0.4) is 0 Å². The molecule has 0 atom stereocenters. The minimum absolute atomic E-state index is 0.0131. The molecule has 0 aliphatic heterocycles. The molecule has 1 N–H and O–H groups in total. The minimum atomic E-state index is -3.27. The van der Waals surface area contributed by atoms with E-state index in [1.807, 2.05) is 0 Å². The molecule has 1 aromatic rings. The molecule has 0 bridgehead atoms. The van der Waals surface area contributed by atoms with Gasteiger partial charge in [-0.15, -0.1) is 0 Å². The minimum Gasteiger partial charge on any atom is -0.396 e. The standard InChI is InChI=1S/C10H13BrO3S/c1-8-9(11)4-2-5-10(8)15(13,14)7-3-6-12/h2,4-5,12H,3,6-7H2,1H3. The van der Waals surface area contributed by atoms with Gasteiger partial charge >= 0.3 is 0 Å².